The summed E-state index contributed by atoms with van der Waals surface area (Å²) in [5.74, 6) is 0.406. The van der Waals surface area contributed by atoms with E-state index < -0.39 is 0 Å². The SMILES string of the molecule is O=C(CCNCCc1ccccc1)N(CCCCCc1ccc(O)c2[nH]c(=O)sc12)C1CCCC1. The summed E-state index contributed by atoms with van der Waals surface area (Å²) in [6.07, 6.45) is 10.1. The minimum atomic E-state index is -0.136. The van der Waals surface area contributed by atoms with Crippen LogP contribution in [0.2, 0.25) is 0 Å². The molecule has 1 aliphatic carbocycles. The molecule has 188 valence electrons. The highest BCUT2D eigenvalue weighted by atomic mass is 32.1. The monoisotopic (exact) mass is 495 g/mol. The highest BCUT2D eigenvalue weighted by Crippen LogP contribution is 2.29. The van der Waals surface area contributed by atoms with Gasteiger partial charge in [-0.2, -0.15) is 0 Å². The lowest BCUT2D eigenvalue weighted by atomic mass is 10.1. The molecule has 1 saturated carbocycles. The van der Waals surface area contributed by atoms with E-state index in [1.165, 1.54) is 18.4 Å². The fourth-order valence-corrected chi connectivity index (χ4v) is 6.01. The van der Waals surface area contributed by atoms with Crippen LogP contribution < -0.4 is 10.2 Å². The number of hydrogen-bond acceptors (Lipinski definition) is 5. The van der Waals surface area contributed by atoms with E-state index in [4.69, 9.17) is 0 Å². The fourth-order valence-electron chi connectivity index (χ4n) is 5.11. The van der Waals surface area contributed by atoms with Gasteiger partial charge in [0.05, 0.1) is 4.70 Å². The van der Waals surface area contributed by atoms with E-state index in [9.17, 15) is 14.7 Å². The van der Waals surface area contributed by atoms with E-state index in [1.807, 2.05) is 12.1 Å². The minimum absolute atomic E-state index is 0.127. The van der Waals surface area contributed by atoms with Crippen LogP contribution in [-0.2, 0) is 17.6 Å². The number of rotatable bonds is 13. The average Bonchev–Trinajstić information content (AvgIpc) is 3.53. The van der Waals surface area contributed by atoms with Crippen LogP contribution in [-0.4, -0.2) is 46.6 Å². The number of nitrogens with zero attached hydrogens (tertiary/aromatic N) is 1. The molecule has 0 spiro atoms. The van der Waals surface area contributed by atoms with E-state index in [1.54, 1.807) is 6.07 Å². The van der Waals surface area contributed by atoms with Crippen LogP contribution in [0.15, 0.2) is 47.3 Å². The molecule has 0 saturated heterocycles. The number of nitrogens with one attached hydrogen (secondary N) is 2. The number of fused-ring (bicyclic) bond motifs is 1. The third-order valence-electron chi connectivity index (χ3n) is 7.02. The molecule has 6 nitrogen and oxygen atoms in total. The van der Waals surface area contributed by atoms with Crippen molar-refractivity contribution in [3.8, 4) is 5.75 Å². The number of H-pyrrole nitrogens is 1. The Bertz CT molecular complexity index is 1140. The topological polar surface area (TPSA) is 85.4 Å². The number of unbranched alkanes of at least 4 members (excludes halogenated alkanes) is 2. The normalized spacial score (nSPS) is 14.1. The van der Waals surface area contributed by atoms with Crippen molar-refractivity contribution in [2.75, 3.05) is 19.6 Å². The molecule has 3 N–H and O–H groups in total. The van der Waals surface area contributed by atoms with Gasteiger partial charge in [0.2, 0.25) is 5.91 Å². The Labute approximate surface area is 211 Å². The molecule has 0 bridgehead atoms. The quantitative estimate of drug-likeness (QED) is 0.291. The molecule has 1 fully saturated rings. The van der Waals surface area contributed by atoms with E-state index in [0.29, 0.717) is 18.0 Å². The number of aromatic amines is 1. The first-order valence-corrected chi connectivity index (χ1v) is 13.8. The summed E-state index contributed by atoms with van der Waals surface area (Å²) in [4.78, 5) is 29.5. The van der Waals surface area contributed by atoms with E-state index >= 15 is 0 Å². The Morgan fingerprint density at radius 3 is 2.63 bits per heavy atom. The van der Waals surface area contributed by atoms with Gasteiger partial charge in [0.15, 0.2) is 0 Å². The third kappa shape index (κ3) is 7.18. The van der Waals surface area contributed by atoms with Crippen LogP contribution >= 0.6 is 11.3 Å². The van der Waals surface area contributed by atoms with Gasteiger partial charge in [-0.25, -0.2) is 0 Å². The Balaban J connectivity index is 1.20. The number of benzene rings is 2. The maximum atomic E-state index is 13.1. The van der Waals surface area contributed by atoms with Crippen LogP contribution in [0.1, 0.15) is 62.5 Å². The molecule has 1 aromatic heterocycles. The zero-order valence-corrected chi connectivity index (χ0v) is 21.2. The largest absolute Gasteiger partial charge is 0.506 e. The minimum Gasteiger partial charge on any atom is -0.506 e. The van der Waals surface area contributed by atoms with Crippen LogP contribution in [0.25, 0.3) is 10.2 Å². The molecule has 4 rings (SSSR count). The van der Waals surface area contributed by atoms with Gasteiger partial charge >= 0.3 is 4.87 Å². The molecule has 7 heteroatoms. The first-order valence-electron chi connectivity index (χ1n) is 13.0. The Morgan fingerprint density at radius 2 is 1.83 bits per heavy atom. The van der Waals surface area contributed by atoms with Crippen molar-refractivity contribution in [2.45, 2.75) is 70.3 Å². The number of phenolic OH excluding ortho intramolecular Hbond substituents is 1. The highest BCUT2D eigenvalue weighted by Gasteiger charge is 2.25. The Hall–Kier alpha value is -2.64. The Kier molecular flexibility index (Phi) is 9.37. The molecule has 3 aromatic rings. The van der Waals surface area contributed by atoms with Crippen molar-refractivity contribution in [3.05, 3.63) is 63.3 Å². The zero-order chi connectivity index (χ0) is 24.5. The first kappa shape index (κ1) is 25.5. The lowest BCUT2D eigenvalue weighted by Gasteiger charge is -2.29. The van der Waals surface area contributed by atoms with Crippen molar-refractivity contribution in [3.63, 3.8) is 0 Å². The van der Waals surface area contributed by atoms with Crippen molar-refractivity contribution >= 4 is 27.5 Å². The summed E-state index contributed by atoms with van der Waals surface area (Å²) >= 11 is 1.16. The third-order valence-corrected chi connectivity index (χ3v) is 7.98. The highest BCUT2D eigenvalue weighted by molar-refractivity contribution is 7.16. The Morgan fingerprint density at radius 1 is 1.03 bits per heavy atom. The van der Waals surface area contributed by atoms with Crippen LogP contribution in [0.5, 0.6) is 5.75 Å². The standard InChI is InChI=1S/C28H37N3O3S/c32-24-15-14-22(27-26(24)30-28(34)35-27)11-5-2-8-20-31(23-12-6-7-13-23)25(33)17-19-29-18-16-21-9-3-1-4-10-21/h1,3-4,9-10,14-15,23,29,32H,2,5-8,11-13,16-20H2,(H,30,34). The summed E-state index contributed by atoms with van der Waals surface area (Å²) in [7, 11) is 0. The first-order chi connectivity index (χ1) is 17.1. The van der Waals surface area contributed by atoms with Crippen molar-refractivity contribution < 1.29 is 9.90 Å². The molecule has 1 heterocycles. The van der Waals surface area contributed by atoms with Gasteiger partial charge in [-0.1, -0.05) is 67.0 Å². The summed E-state index contributed by atoms with van der Waals surface area (Å²) in [6.45, 7) is 2.45. The molecule has 0 radical (unpaired) electrons. The van der Waals surface area contributed by atoms with Crippen LogP contribution in [0.3, 0.4) is 0 Å². The number of aryl methyl sites for hydroxylation is 1. The summed E-state index contributed by atoms with van der Waals surface area (Å²) in [6, 6.07) is 14.4. The summed E-state index contributed by atoms with van der Waals surface area (Å²) < 4.78 is 0.859. The van der Waals surface area contributed by atoms with Crippen molar-refractivity contribution in [1.82, 2.24) is 15.2 Å². The predicted molar refractivity (Wildman–Crippen MR) is 143 cm³/mol. The lowest BCUT2D eigenvalue weighted by Crippen LogP contribution is -2.40. The van der Waals surface area contributed by atoms with Gasteiger partial charge < -0.3 is 20.3 Å². The van der Waals surface area contributed by atoms with Crippen molar-refractivity contribution in [1.29, 1.82) is 0 Å². The second kappa shape index (κ2) is 12.9. The molecular formula is C28H37N3O3S. The molecule has 1 amide bonds. The fraction of sp³-hybridized carbons (Fsp3) is 0.500. The van der Waals surface area contributed by atoms with E-state index in [0.717, 1.165) is 86.2 Å². The predicted octanol–water partition coefficient (Wildman–Crippen LogP) is 5.00. The maximum absolute atomic E-state index is 13.1. The second-order valence-electron chi connectivity index (χ2n) is 9.53. The maximum Gasteiger partial charge on any atom is 0.305 e. The number of hydrogen-bond donors (Lipinski definition) is 3. The number of carbonyl (C=O) groups is 1. The number of phenols is 1. The molecule has 0 aliphatic heterocycles. The van der Waals surface area contributed by atoms with Gasteiger partial charge in [-0.3, -0.25) is 9.59 Å². The number of aromatic hydroxyl groups is 1. The van der Waals surface area contributed by atoms with Gasteiger partial charge in [-0.05, 0) is 62.3 Å². The van der Waals surface area contributed by atoms with Gasteiger partial charge in [0.1, 0.15) is 11.3 Å². The second-order valence-corrected chi connectivity index (χ2v) is 10.5. The molecule has 0 unspecified atom stereocenters. The van der Waals surface area contributed by atoms with Crippen molar-refractivity contribution in [2.24, 2.45) is 0 Å². The van der Waals surface area contributed by atoms with Crippen LogP contribution in [0, 0.1) is 0 Å². The molecule has 2 aromatic carbocycles. The van der Waals surface area contributed by atoms with E-state index in [-0.39, 0.29) is 16.5 Å². The van der Waals surface area contributed by atoms with E-state index in [2.05, 4.69) is 39.5 Å². The van der Waals surface area contributed by atoms with Gasteiger partial charge in [-0.15, -0.1) is 0 Å². The average molecular weight is 496 g/mol. The number of amides is 1. The van der Waals surface area contributed by atoms with Gasteiger partial charge in [0.25, 0.3) is 0 Å². The molecular weight excluding hydrogens is 458 g/mol. The molecule has 1 aliphatic rings. The molecule has 35 heavy (non-hydrogen) atoms. The zero-order valence-electron chi connectivity index (χ0n) is 20.4. The van der Waals surface area contributed by atoms with Gasteiger partial charge in [0, 0.05) is 25.6 Å². The number of thiazole rings is 1. The molecule has 0 atom stereocenters. The smallest absolute Gasteiger partial charge is 0.305 e. The summed E-state index contributed by atoms with van der Waals surface area (Å²) in [5, 5.41) is 13.4. The summed E-state index contributed by atoms with van der Waals surface area (Å²) in [5.41, 5.74) is 2.97. The van der Waals surface area contributed by atoms with Crippen LogP contribution in [0.4, 0.5) is 0 Å². The number of carbonyl (C=O) groups excluding carboxylic acids is 1. The lowest BCUT2D eigenvalue weighted by molar-refractivity contribution is -0.133. The number of aromatic nitrogens is 1.